The minimum Gasteiger partial charge on any atom is -0.392 e. The maximum Gasteiger partial charge on any atom is 0.235 e. The second-order valence-corrected chi connectivity index (χ2v) is 5.43. The second kappa shape index (κ2) is 4.67. The highest BCUT2D eigenvalue weighted by molar-refractivity contribution is 7.80. The highest BCUT2D eigenvalue weighted by Crippen LogP contribution is 2.46. The minimum atomic E-state index is -0.654. The fourth-order valence-electron chi connectivity index (χ4n) is 2.46. The van der Waals surface area contributed by atoms with Crippen molar-refractivity contribution in [2.24, 2.45) is 17.1 Å². The molecule has 0 spiro atoms. The molecule has 0 bridgehead atoms. The first-order valence-corrected chi connectivity index (χ1v) is 5.94. The number of hydrogen-bond acceptors (Lipinski definition) is 3. The van der Waals surface area contributed by atoms with Gasteiger partial charge >= 0.3 is 0 Å². The summed E-state index contributed by atoms with van der Waals surface area (Å²) in [4.78, 5) is 14.0. The van der Waals surface area contributed by atoms with Crippen LogP contribution in [0, 0.1) is 11.3 Å². The van der Waals surface area contributed by atoms with Crippen molar-refractivity contribution in [3.05, 3.63) is 0 Å². The van der Waals surface area contributed by atoms with Gasteiger partial charge in [0.1, 0.15) is 0 Å². The number of rotatable bonds is 4. The molecule has 1 rings (SSSR count). The van der Waals surface area contributed by atoms with Gasteiger partial charge in [-0.15, -0.1) is 0 Å². The van der Waals surface area contributed by atoms with E-state index in [0.29, 0.717) is 12.5 Å². The Morgan fingerprint density at radius 2 is 2.19 bits per heavy atom. The summed E-state index contributed by atoms with van der Waals surface area (Å²) in [6.45, 7) is 4.05. The number of carbonyl (C=O) groups is 1. The Morgan fingerprint density at radius 1 is 1.69 bits per heavy atom. The van der Waals surface area contributed by atoms with Crippen molar-refractivity contribution in [1.82, 2.24) is 4.90 Å². The third-order valence-electron chi connectivity index (χ3n) is 3.16. The zero-order valence-corrected chi connectivity index (χ0v) is 10.9. The average Bonchev–Trinajstić information content (AvgIpc) is 2.09. The summed E-state index contributed by atoms with van der Waals surface area (Å²) in [5.41, 5.74) is 5.03. The van der Waals surface area contributed by atoms with E-state index in [9.17, 15) is 9.90 Å². The summed E-state index contributed by atoms with van der Waals surface area (Å²) in [5.74, 6) is 0.435. The molecule has 3 N–H and O–H groups in total. The molecule has 1 amide bonds. The monoisotopic (exact) mass is 244 g/mol. The predicted molar refractivity (Wildman–Crippen MR) is 66.9 cm³/mol. The standard InChI is InChI=1S/C11H20N2O2S/c1-7-4-11(5-7,9(12)16)10(15)13(3)6-8(2)14/h7-8,14H,4-6H2,1-3H3,(H2,12,16). The Labute approximate surface area is 102 Å². The van der Waals surface area contributed by atoms with Gasteiger partial charge in [-0.25, -0.2) is 0 Å². The van der Waals surface area contributed by atoms with Crippen molar-refractivity contribution in [3.8, 4) is 0 Å². The lowest BCUT2D eigenvalue weighted by Gasteiger charge is -2.46. The van der Waals surface area contributed by atoms with Crippen LogP contribution in [0.4, 0.5) is 0 Å². The van der Waals surface area contributed by atoms with Gasteiger partial charge in [-0.05, 0) is 25.7 Å². The fraction of sp³-hybridized carbons (Fsp3) is 0.818. The number of carbonyl (C=O) groups excluding carboxylic acids is 1. The quantitative estimate of drug-likeness (QED) is 0.708. The largest absolute Gasteiger partial charge is 0.392 e. The molecule has 1 unspecified atom stereocenters. The zero-order chi connectivity index (χ0) is 12.5. The van der Waals surface area contributed by atoms with Gasteiger partial charge < -0.3 is 15.7 Å². The van der Waals surface area contributed by atoms with E-state index in [-0.39, 0.29) is 10.9 Å². The zero-order valence-electron chi connectivity index (χ0n) is 10.1. The van der Waals surface area contributed by atoms with Crippen molar-refractivity contribution < 1.29 is 9.90 Å². The Morgan fingerprint density at radius 3 is 2.50 bits per heavy atom. The van der Waals surface area contributed by atoms with Crippen LogP contribution < -0.4 is 5.73 Å². The molecular weight excluding hydrogens is 224 g/mol. The van der Waals surface area contributed by atoms with Gasteiger partial charge in [-0.3, -0.25) is 4.79 Å². The Balaban J connectivity index is 2.74. The van der Waals surface area contributed by atoms with Gasteiger partial charge in [0.25, 0.3) is 0 Å². The predicted octanol–water partition coefficient (Wildman–Crippen LogP) is 0.528. The Bertz CT molecular complexity index is 298. The number of likely N-dealkylation sites (N-methyl/N-ethyl adjacent to an activating group) is 1. The van der Waals surface area contributed by atoms with E-state index in [4.69, 9.17) is 18.0 Å². The summed E-state index contributed by atoms with van der Waals surface area (Å²) >= 11 is 5.01. The number of amides is 1. The van der Waals surface area contributed by atoms with Crippen LogP contribution in [0.5, 0.6) is 0 Å². The molecule has 5 heteroatoms. The molecule has 1 aliphatic carbocycles. The van der Waals surface area contributed by atoms with E-state index in [1.165, 1.54) is 4.90 Å². The number of aliphatic hydroxyl groups is 1. The smallest absolute Gasteiger partial charge is 0.235 e. The minimum absolute atomic E-state index is 0.0565. The van der Waals surface area contributed by atoms with Crippen LogP contribution in [0.25, 0.3) is 0 Å². The van der Waals surface area contributed by atoms with Crippen molar-refractivity contribution >= 4 is 23.1 Å². The third kappa shape index (κ3) is 2.35. The van der Waals surface area contributed by atoms with Crippen LogP contribution in [0.15, 0.2) is 0 Å². The normalized spacial score (nSPS) is 30.4. The van der Waals surface area contributed by atoms with Gasteiger partial charge in [0, 0.05) is 13.6 Å². The van der Waals surface area contributed by atoms with E-state index in [2.05, 4.69) is 6.92 Å². The Kier molecular flexibility index (Phi) is 3.91. The first kappa shape index (κ1) is 13.4. The molecule has 4 nitrogen and oxygen atoms in total. The first-order chi connectivity index (χ1) is 7.29. The van der Waals surface area contributed by atoms with Crippen LogP contribution in [0.3, 0.4) is 0 Å². The highest BCUT2D eigenvalue weighted by Gasteiger charge is 2.51. The molecule has 0 aromatic carbocycles. The molecule has 0 saturated heterocycles. The van der Waals surface area contributed by atoms with Crippen LogP contribution in [0.2, 0.25) is 0 Å². The Hall–Kier alpha value is -0.680. The van der Waals surface area contributed by atoms with E-state index in [1.54, 1.807) is 14.0 Å². The van der Waals surface area contributed by atoms with Crippen molar-refractivity contribution in [2.75, 3.05) is 13.6 Å². The molecule has 16 heavy (non-hydrogen) atoms. The van der Waals surface area contributed by atoms with Gasteiger partial charge in [0.15, 0.2) is 0 Å². The number of hydrogen-bond donors (Lipinski definition) is 2. The second-order valence-electron chi connectivity index (χ2n) is 4.99. The molecule has 1 saturated carbocycles. The van der Waals surface area contributed by atoms with Gasteiger partial charge in [-0.2, -0.15) is 0 Å². The van der Waals surface area contributed by atoms with Crippen LogP contribution >= 0.6 is 12.2 Å². The van der Waals surface area contributed by atoms with Crippen LogP contribution in [0.1, 0.15) is 26.7 Å². The maximum atomic E-state index is 12.2. The number of thiocarbonyl (C=S) groups is 1. The molecule has 1 aliphatic rings. The van der Waals surface area contributed by atoms with E-state index >= 15 is 0 Å². The lowest BCUT2D eigenvalue weighted by Crippen LogP contribution is -2.57. The fourth-order valence-corrected chi connectivity index (χ4v) is 2.71. The van der Waals surface area contributed by atoms with E-state index < -0.39 is 11.5 Å². The molecule has 0 heterocycles. The molecule has 92 valence electrons. The molecule has 0 aromatic heterocycles. The lowest BCUT2D eigenvalue weighted by atomic mass is 9.61. The first-order valence-electron chi connectivity index (χ1n) is 5.53. The van der Waals surface area contributed by atoms with Gasteiger partial charge in [0.2, 0.25) is 5.91 Å². The summed E-state index contributed by atoms with van der Waals surface area (Å²) in [6.07, 6.45) is 0.922. The topological polar surface area (TPSA) is 66.6 Å². The molecule has 0 radical (unpaired) electrons. The SMILES string of the molecule is CC(O)CN(C)C(=O)C1(C(N)=S)CC(C)C1. The molecular formula is C11H20N2O2S. The molecule has 1 fully saturated rings. The average molecular weight is 244 g/mol. The summed E-state index contributed by atoms with van der Waals surface area (Å²) < 4.78 is 0. The van der Waals surface area contributed by atoms with E-state index in [0.717, 1.165) is 12.8 Å². The van der Waals surface area contributed by atoms with Crippen LogP contribution in [-0.4, -0.2) is 40.6 Å². The van der Waals surface area contributed by atoms with Gasteiger partial charge in [0.05, 0.1) is 16.5 Å². The summed E-state index contributed by atoms with van der Waals surface area (Å²) in [6, 6.07) is 0. The lowest BCUT2D eigenvalue weighted by molar-refractivity contribution is -0.143. The number of nitrogens with zero attached hydrogens (tertiary/aromatic N) is 1. The van der Waals surface area contributed by atoms with Gasteiger partial charge in [-0.1, -0.05) is 19.1 Å². The molecule has 0 aliphatic heterocycles. The highest BCUT2D eigenvalue weighted by atomic mass is 32.1. The third-order valence-corrected chi connectivity index (χ3v) is 3.55. The van der Waals surface area contributed by atoms with Crippen LogP contribution in [-0.2, 0) is 4.79 Å². The van der Waals surface area contributed by atoms with Crippen molar-refractivity contribution in [1.29, 1.82) is 0 Å². The molecule has 1 atom stereocenters. The molecule has 0 aromatic rings. The number of aliphatic hydroxyl groups excluding tert-OH is 1. The summed E-state index contributed by atoms with van der Waals surface area (Å²) in [7, 11) is 1.68. The number of nitrogens with two attached hydrogens (primary N) is 1. The van der Waals surface area contributed by atoms with Crippen molar-refractivity contribution in [3.63, 3.8) is 0 Å². The maximum absolute atomic E-state index is 12.2. The van der Waals surface area contributed by atoms with E-state index in [1.807, 2.05) is 0 Å². The van der Waals surface area contributed by atoms with Crippen molar-refractivity contribution in [2.45, 2.75) is 32.8 Å². The summed E-state index contributed by atoms with van der Waals surface area (Å²) in [5, 5.41) is 9.26.